The minimum absolute atomic E-state index is 0.314. The number of nitrogens with zero attached hydrogens (tertiary/aromatic N) is 1. The first-order valence-electron chi connectivity index (χ1n) is 8.05. The predicted octanol–water partition coefficient (Wildman–Crippen LogP) is 5.41. The molecule has 2 aliphatic carbocycles. The summed E-state index contributed by atoms with van der Waals surface area (Å²) < 4.78 is 7.21. The van der Waals surface area contributed by atoms with Gasteiger partial charge < -0.3 is 4.74 Å². The predicted molar refractivity (Wildman–Crippen MR) is 93.8 cm³/mol. The van der Waals surface area contributed by atoms with Gasteiger partial charge in [0.1, 0.15) is 5.60 Å². The number of rotatable bonds is 3. The minimum Gasteiger partial charge on any atom is -0.443 e. The molecule has 0 N–H and O–H groups in total. The van der Waals surface area contributed by atoms with Gasteiger partial charge in [-0.25, -0.2) is 9.10 Å². The van der Waals surface area contributed by atoms with Crippen LogP contribution in [-0.2, 0) is 4.74 Å². The fourth-order valence-corrected chi connectivity index (χ4v) is 3.78. The van der Waals surface area contributed by atoms with Crippen LogP contribution in [0.1, 0.15) is 33.6 Å². The third-order valence-corrected chi connectivity index (χ3v) is 4.88. The lowest BCUT2D eigenvalue weighted by atomic mass is 10.0. The minimum atomic E-state index is -0.500. The van der Waals surface area contributed by atoms with E-state index in [0.717, 1.165) is 11.3 Å². The van der Waals surface area contributed by atoms with Crippen LogP contribution in [0.15, 0.2) is 59.2 Å². The Labute approximate surface area is 142 Å². The van der Waals surface area contributed by atoms with E-state index in [1.807, 2.05) is 57.3 Å². The van der Waals surface area contributed by atoms with Crippen LogP contribution in [0.5, 0.6) is 0 Å². The van der Waals surface area contributed by atoms with E-state index >= 15 is 0 Å². The molecule has 0 unspecified atom stereocenters. The average molecular weight is 329 g/mol. The Kier molecular flexibility index (Phi) is 4.53. The van der Waals surface area contributed by atoms with Crippen LogP contribution in [0.3, 0.4) is 0 Å². The number of carbonyl (C=O) groups excluding carboxylic acids is 1. The first kappa shape index (κ1) is 16.2. The topological polar surface area (TPSA) is 29.5 Å². The lowest BCUT2D eigenvalue weighted by Crippen LogP contribution is -2.30. The Morgan fingerprint density at radius 1 is 1.26 bits per heavy atom. The quantitative estimate of drug-likeness (QED) is 0.548. The van der Waals surface area contributed by atoms with Crippen molar-refractivity contribution in [2.75, 3.05) is 0 Å². The van der Waals surface area contributed by atoms with E-state index < -0.39 is 5.60 Å². The molecule has 1 aromatic rings. The van der Waals surface area contributed by atoms with Crippen LogP contribution in [0.2, 0.25) is 0 Å². The van der Waals surface area contributed by atoms with Gasteiger partial charge >= 0.3 is 6.09 Å². The van der Waals surface area contributed by atoms with E-state index in [0.29, 0.717) is 11.8 Å². The van der Waals surface area contributed by atoms with Crippen molar-refractivity contribution >= 4 is 18.0 Å². The summed E-state index contributed by atoms with van der Waals surface area (Å²) in [6, 6.07) is 9.93. The molecule has 0 heterocycles. The number of carbonyl (C=O) groups is 1. The van der Waals surface area contributed by atoms with Crippen molar-refractivity contribution < 1.29 is 9.53 Å². The van der Waals surface area contributed by atoms with Gasteiger partial charge in [0.15, 0.2) is 0 Å². The van der Waals surface area contributed by atoms with E-state index in [9.17, 15) is 4.79 Å². The van der Waals surface area contributed by atoms with E-state index in [4.69, 9.17) is 4.74 Å². The van der Waals surface area contributed by atoms with Crippen molar-refractivity contribution in [3.8, 4) is 0 Å². The molecule has 0 aliphatic heterocycles. The highest BCUT2D eigenvalue weighted by Gasteiger charge is 2.32. The third-order valence-electron chi connectivity index (χ3n) is 3.95. The van der Waals surface area contributed by atoms with Gasteiger partial charge in [-0.2, -0.15) is 0 Å². The molecular formula is C19H23NO2S. The zero-order valence-electron chi connectivity index (χ0n) is 13.9. The maximum atomic E-state index is 12.6. The molecule has 122 valence electrons. The number of hydrogen-bond acceptors (Lipinski definition) is 3. The van der Waals surface area contributed by atoms with Gasteiger partial charge in [-0.1, -0.05) is 30.4 Å². The van der Waals surface area contributed by atoms with E-state index in [1.54, 1.807) is 4.31 Å². The summed E-state index contributed by atoms with van der Waals surface area (Å²) in [6.45, 7) is 5.68. The molecule has 2 atom stereocenters. The lowest BCUT2D eigenvalue weighted by molar-refractivity contribution is 0.0452. The summed E-state index contributed by atoms with van der Waals surface area (Å²) in [7, 11) is 0. The molecule has 23 heavy (non-hydrogen) atoms. The smallest absolute Gasteiger partial charge is 0.424 e. The fraction of sp³-hybridized carbons (Fsp3) is 0.421. The van der Waals surface area contributed by atoms with Gasteiger partial charge in [0.2, 0.25) is 0 Å². The highest BCUT2D eigenvalue weighted by molar-refractivity contribution is 7.97. The second-order valence-electron chi connectivity index (χ2n) is 7.11. The molecule has 1 amide bonds. The Bertz CT molecular complexity index is 631. The molecule has 0 spiro atoms. The number of allylic oxidation sites excluding steroid dienone is 3. The Balaban J connectivity index is 1.80. The molecule has 4 heteroatoms. The average Bonchev–Trinajstić information content (AvgIpc) is 3.08. The molecule has 0 saturated heterocycles. The first-order chi connectivity index (χ1) is 10.9. The lowest BCUT2D eigenvalue weighted by Gasteiger charge is -2.25. The number of fused-ring (bicyclic) bond motifs is 2. The monoisotopic (exact) mass is 329 g/mol. The van der Waals surface area contributed by atoms with Crippen molar-refractivity contribution in [2.24, 2.45) is 11.8 Å². The Morgan fingerprint density at radius 3 is 2.57 bits per heavy atom. The molecule has 3 nitrogen and oxygen atoms in total. The maximum Gasteiger partial charge on any atom is 0.424 e. The number of hydrogen-bond donors (Lipinski definition) is 0. The summed E-state index contributed by atoms with van der Waals surface area (Å²) in [5, 5.41) is 0. The zero-order valence-corrected chi connectivity index (χ0v) is 14.7. The molecule has 1 saturated carbocycles. The van der Waals surface area contributed by atoms with Gasteiger partial charge in [0.25, 0.3) is 0 Å². The molecular weight excluding hydrogens is 306 g/mol. The van der Waals surface area contributed by atoms with Crippen molar-refractivity contribution in [3.63, 3.8) is 0 Å². The molecule has 1 fully saturated rings. The maximum absolute atomic E-state index is 12.6. The van der Waals surface area contributed by atoms with Gasteiger partial charge in [0, 0.05) is 17.0 Å². The summed E-state index contributed by atoms with van der Waals surface area (Å²) in [5.41, 5.74) is 0.825. The van der Waals surface area contributed by atoms with Crippen LogP contribution in [0.25, 0.3) is 0 Å². The van der Waals surface area contributed by atoms with Crippen molar-refractivity contribution in [2.45, 2.75) is 44.1 Å². The third kappa shape index (κ3) is 4.20. The van der Waals surface area contributed by atoms with Crippen LogP contribution in [-0.4, -0.2) is 16.0 Å². The second kappa shape index (κ2) is 6.44. The van der Waals surface area contributed by atoms with E-state index in [-0.39, 0.29) is 6.09 Å². The van der Waals surface area contributed by atoms with Crippen molar-refractivity contribution in [1.29, 1.82) is 0 Å². The van der Waals surface area contributed by atoms with E-state index in [2.05, 4.69) is 12.2 Å². The number of ether oxygens (including phenoxy) is 1. The van der Waals surface area contributed by atoms with E-state index in [1.165, 1.54) is 23.9 Å². The van der Waals surface area contributed by atoms with Crippen molar-refractivity contribution in [1.82, 2.24) is 4.31 Å². The van der Waals surface area contributed by atoms with Crippen LogP contribution in [0.4, 0.5) is 4.79 Å². The molecule has 0 aromatic heterocycles. The normalized spacial score (nSPS) is 24.2. The Hall–Kier alpha value is -1.68. The molecule has 0 radical (unpaired) electrons. The number of amides is 1. The van der Waals surface area contributed by atoms with Gasteiger partial charge in [-0.05, 0) is 69.2 Å². The van der Waals surface area contributed by atoms with Gasteiger partial charge in [-0.3, -0.25) is 0 Å². The van der Waals surface area contributed by atoms with Crippen LogP contribution >= 0.6 is 11.9 Å². The summed E-state index contributed by atoms with van der Waals surface area (Å²) in [4.78, 5) is 13.6. The first-order valence-corrected chi connectivity index (χ1v) is 8.82. The highest BCUT2D eigenvalue weighted by Crippen LogP contribution is 2.43. The molecule has 2 aliphatic rings. The zero-order chi connectivity index (χ0) is 16.4. The SMILES string of the molecule is CC(C)(C)OC(=O)N(/C=C1\C[C@@H]2C=C[C@H]1C2)Sc1ccccc1. The molecule has 3 rings (SSSR count). The van der Waals surface area contributed by atoms with Crippen molar-refractivity contribution in [3.05, 3.63) is 54.3 Å². The van der Waals surface area contributed by atoms with Crippen LogP contribution < -0.4 is 0 Å². The standard InChI is InChI=1S/C19H23NO2S/c1-19(2,3)22-18(21)20(23-17-7-5-4-6-8-17)13-16-12-14-9-10-15(16)11-14/h4-10,13-15H,11-12H2,1-3H3/b16-13+/t14-,15+/m1/s1. The van der Waals surface area contributed by atoms with Crippen LogP contribution in [0, 0.1) is 11.8 Å². The summed E-state index contributed by atoms with van der Waals surface area (Å²) in [6.07, 6.45) is 8.47. The number of benzene rings is 1. The van der Waals surface area contributed by atoms with Gasteiger partial charge in [0.05, 0.1) is 0 Å². The fourth-order valence-electron chi connectivity index (χ4n) is 2.97. The highest BCUT2D eigenvalue weighted by atomic mass is 32.2. The largest absolute Gasteiger partial charge is 0.443 e. The molecule has 2 bridgehead atoms. The Morgan fingerprint density at radius 2 is 2.00 bits per heavy atom. The summed E-state index contributed by atoms with van der Waals surface area (Å²) in [5.74, 6) is 1.13. The van der Waals surface area contributed by atoms with Gasteiger partial charge in [-0.15, -0.1) is 0 Å². The second-order valence-corrected chi connectivity index (χ2v) is 8.15. The molecule has 1 aromatic carbocycles. The summed E-state index contributed by atoms with van der Waals surface area (Å²) >= 11 is 1.41.